The van der Waals surface area contributed by atoms with Gasteiger partial charge in [-0.15, -0.1) is 11.3 Å². The van der Waals surface area contributed by atoms with E-state index in [0.29, 0.717) is 18.9 Å². The smallest absolute Gasteiger partial charge is 0.119 e. The minimum absolute atomic E-state index is 0.507. The van der Waals surface area contributed by atoms with Gasteiger partial charge in [-0.25, -0.2) is 4.98 Å². The summed E-state index contributed by atoms with van der Waals surface area (Å²) in [5.41, 5.74) is 2.37. The van der Waals surface area contributed by atoms with Gasteiger partial charge in [-0.05, 0) is 24.1 Å². The van der Waals surface area contributed by atoms with Gasteiger partial charge in [0, 0.05) is 37.2 Å². The van der Waals surface area contributed by atoms with Gasteiger partial charge in [-0.1, -0.05) is 26.0 Å². The van der Waals surface area contributed by atoms with Gasteiger partial charge in [0.15, 0.2) is 0 Å². The Bertz CT molecular complexity index is 661. The van der Waals surface area contributed by atoms with Crippen LogP contribution in [0.4, 0.5) is 0 Å². The monoisotopic (exact) mass is 343 g/mol. The highest BCUT2D eigenvalue weighted by molar-refractivity contribution is 7.09. The van der Waals surface area contributed by atoms with Crippen molar-refractivity contribution in [2.45, 2.75) is 45.6 Å². The van der Waals surface area contributed by atoms with E-state index in [9.17, 15) is 0 Å². The minimum Gasteiger partial charge on any atom is -0.494 e. The third-order valence-electron chi connectivity index (χ3n) is 3.55. The minimum atomic E-state index is 0.507. The molecule has 0 atom stereocenters. The Morgan fingerprint density at radius 3 is 3.00 bits per heavy atom. The second-order valence-electron chi connectivity index (χ2n) is 6.02. The van der Waals surface area contributed by atoms with Crippen molar-refractivity contribution in [1.29, 1.82) is 5.26 Å². The number of benzene rings is 1. The van der Waals surface area contributed by atoms with Crippen molar-refractivity contribution in [3.8, 4) is 11.8 Å². The molecule has 0 bridgehead atoms. The van der Waals surface area contributed by atoms with Crippen molar-refractivity contribution in [2.75, 3.05) is 13.2 Å². The molecule has 0 fully saturated rings. The Morgan fingerprint density at radius 2 is 2.25 bits per heavy atom. The Labute approximate surface area is 148 Å². The number of aromatic nitrogens is 1. The molecule has 5 heteroatoms. The van der Waals surface area contributed by atoms with E-state index < -0.39 is 0 Å². The molecular formula is C19H25N3OS. The summed E-state index contributed by atoms with van der Waals surface area (Å²) < 4.78 is 5.66. The van der Waals surface area contributed by atoms with Gasteiger partial charge >= 0.3 is 0 Å². The van der Waals surface area contributed by atoms with E-state index in [0.717, 1.165) is 31.7 Å². The van der Waals surface area contributed by atoms with Crippen LogP contribution in [0.1, 0.15) is 48.9 Å². The van der Waals surface area contributed by atoms with E-state index in [1.165, 1.54) is 16.3 Å². The first-order valence-electron chi connectivity index (χ1n) is 8.42. The molecule has 0 saturated heterocycles. The van der Waals surface area contributed by atoms with Crippen molar-refractivity contribution < 1.29 is 4.74 Å². The molecule has 1 aromatic heterocycles. The van der Waals surface area contributed by atoms with Gasteiger partial charge in [0.25, 0.3) is 0 Å². The molecule has 2 aromatic rings. The average Bonchev–Trinajstić information content (AvgIpc) is 3.05. The lowest BCUT2D eigenvalue weighted by molar-refractivity contribution is 0.312. The normalized spacial score (nSPS) is 10.8. The number of rotatable bonds is 10. The molecule has 0 radical (unpaired) electrons. The van der Waals surface area contributed by atoms with Crippen LogP contribution in [0, 0.1) is 11.3 Å². The zero-order valence-electron chi connectivity index (χ0n) is 14.4. The highest BCUT2D eigenvalue weighted by Crippen LogP contribution is 2.19. The van der Waals surface area contributed by atoms with E-state index in [1.807, 2.05) is 12.1 Å². The topological polar surface area (TPSA) is 57.9 Å². The van der Waals surface area contributed by atoms with Crippen molar-refractivity contribution in [1.82, 2.24) is 10.3 Å². The van der Waals surface area contributed by atoms with Crippen molar-refractivity contribution >= 4 is 11.3 Å². The predicted octanol–water partition coefficient (Wildman–Crippen LogP) is 4.28. The third kappa shape index (κ3) is 6.31. The molecule has 128 valence electrons. The van der Waals surface area contributed by atoms with Crippen molar-refractivity contribution in [2.24, 2.45) is 0 Å². The van der Waals surface area contributed by atoms with Crippen molar-refractivity contribution in [3.05, 3.63) is 45.9 Å². The Balaban J connectivity index is 1.70. The Hall–Kier alpha value is -1.90. The maximum atomic E-state index is 8.52. The number of thiazole rings is 1. The lowest BCUT2D eigenvalue weighted by Crippen LogP contribution is -2.16. The summed E-state index contributed by atoms with van der Waals surface area (Å²) in [6.45, 7) is 6.67. The summed E-state index contributed by atoms with van der Waals surface area (Å²) in [7, 11) is 0. The summed E-state index contributed by atoms with van der Waals surface area (Å²) in [6, 6.07) is 10.2. The average molecular weight is 343 g/mol. The number of hydrogen-bond donors (Lipinski definition) is 1. The highest BCUT2D eigenvalue weighted by Gasteiger charge is 2.05. The first kappa shape index (κ1) is 18.4. The fraction of sp³-hybridized carbons (Fsp3) is 0.474. The fourth-order valence-corrected chi connectivity index (χ4v) is 3.11. The third-order valence-corrected chi connectivity index (χ3v) is 4.74. The summed E-state index contributed by atoms with van der Waals surface area (Å²) in [5, 5.41) is 15.4. The second kappa shape index (κ2) is 10.1. The molecule has 0 amide bonds. The molecule has 1 heterocycles. The molecule has 0 spiro atoms. The predicted molar refractivity (Wildman–Crippen MR) is 98.4 cm³/mol. The van der Waals surface area contributed by atoms with E-state index >= 15 is 0 Å². The summed E-state index contributed by atoms with van der Waals surface area (Å²) >= 11 is 1.75. The SMILES string of the molecule is CC(C)c1nc(CCNCc2cccc(OCCCC#N)c2)cs1. The first-order chi connectivity index (χ1) is 11.7. The van der Waals surface area contributed by atoms with E-state index in [1.54, 1.807) is 11.3 Å². The highest BCUT2D eigenvalue weighted by atomic mass is 32.1. The van der Waals surface area contributed by atoms with Gasteiger partial charge in [0.05, 0.1) is 23.4 Å². The van der Waals surface area contributed by atoms with Crippen LogP contribution in [0.5, 0.6) is 5.75 Å². The van der Waals surface area contributed by atoms with Crippen LogP contribution < -0.4 is 10.1 Å². The van der Waals surface area contributed by atoms with Gasteiger partial charge in [-0.3, -0.25) is 0 Å². The molecule has 0 aliphatic heterocycles. The van der Waals surface area contributed by atoms with Gasteiger partial charge in [0.2, 0.25) is 0 Å². The van der Waals surface area contributed by atoms with Crippen LogP contribution in [-0.2, 0) is 13.0 Å². The standard InChI is InChI=1S/C19H25N3OS/c1-15(2)19-22-17(14-24-19)8-10-21-13-16-6-5-7-18(12-16)23-11-4-3-9-20/h5-7,12,14-15,21H,3-4,8,10-11,13H2,1-2H3. The number of nitriles is 1. The number of hydrogen-bond acceptors (Lipinski definition) is 5. The fourth-order valence-electron chi connectivity index (χ4n) is 2.24. The second-order valence-corrected chi connectivity index (χ2v) is 6.91. The van der Waals surface area contributed by atoms with Crippen LogP contribution >= 0.6 is 11.3 Å². The quantitative estimate of drug-likeness (QED) is 0.654. The number of ether oxygens (including phenoxy) is 1. The van der Waals surface area contributed by atoms with E-state index in [4.69, 9.17) is 10.00 Å². The van der Waals surface area contributed by atoms with Gasteiger partial charge < -0.3 is 10.1 Å². The molecule has 0 aliphatic carbocycles. The molecule has 4 nitrogen and oxygen atoms in total. The molecule has 2 rings (SSSR count). The first-order valence-corrected chi connectivity index (χ1v) is 9.30. The molecule has 0 unspecified atom stereocenters. The number of nitrogens with one attached hydrogen (secondary N) is 1. The lowest BCUT2D eigenvalue weighted by Gasteiger charge is -2.08. The van der Waals surface area contributed by atoms with Crippen LogP contribution in [-0.4, -0.2) is 18.1 Å². The maximum absolute atomic E-state index is 8.52. The molecule has 24 heavy (non-hydrogen) atoms. The number of nitrogens with zero attached hydrogens (tertiary/aromatic N) is 2. The van der Waals surface area contributed by atoms with Crippen LogP contribution in [0.3, 0.4) is 0 Å². The summed E-state index contributed by atoms with van der Waals surface area (Å²) in [4.78, 5) is 4.65. The maximum Gasteiger partial charge on any atom is 0.119 e. The molecule has 1 aromatic carbocycles. The van der Waals surface area contributed by atoms with Crippen molar-refractivity contribution in [3.63, 3.8) is 0 Å². The zero-order valence-corrected chi connectivity index (χ0v) is 15.2. The Kier molecular flexibility index (Phi) is 7.73. The van der Waals surface area contributed by atoms with Gasteiger partial charge in [0.1, 0.15) is 5.75 Å². The van der Waals surface area contributed by atoms with E-state index in [-0.39, 0.29) is 0 Å². The van der Waals surface area contributed by atoms with Crippen LogP contribution in [0.15, 0.2) is 29.6 Å². The van der Waals surface area contributed by atoms with Crippen LogP contribution in [0.2, 0.25) is 0 Å². The molecular weight excluding hydrogens is 318 g/mol. The largest absolute Gasteiger partial charge is 0.494 e. The molecule has 1 N–H and O–H groups in total. The zero-order chi connectivity index (χ0) is 17.2. The molecule has 0 aliphatic rings. The van der Waals surface area contributed by atoms with E-state index in [2.05, 4.69) is 47.7 Å². The number of unbranched alkanes of at least 4 members (excludes halogenated alkanes) is 1. The summed E-state index contributed by atoms with van der Waals surface area (Å²) in [5.74, 6) is 1.38. The Morgan fingerprint density at radius 1 is 1.38 bits per heavy atom. The van der Waals surface area contributed by atoms with Crippen LogP contribution in [0.25, 0.3) is 0 Å². The lowest BCUT2D eigenvalue weighted by atomic mass is 10.2. The van der Waals surface area contributed by atoms with Gasteiger partial charge in [-0.2, -0.15) is 5.26 Å². The molecule has 0 saturated carbocycles. The summed E-state index contributed by atoms with van der Waals surface area (Å²) in [6.07, 6.45) is 2.26.